The van der Waals surface area contributed by atoms with Crippen molar-refractivity contribution in [1.29, 1.82) is 0 Å². The first kappa shape index (κ1) is 19.0. The third-order valence-corrected chi connectivity index (χ3v) is 6.87. The van der Waals surface area contributed by atoms with Crippen molar-refractivity contribution in [2.75, 3.05) is 18.8 Å². The molecule has 1 fully saturated rings. The van der Waals surface area contributed by atoms with Crippen LogP contribution in [0.25, 0.3) is 0 Å². The maximum Gasteiger partial charge on any atom is 0.256 e. The minimum absolute atomic E-state index is 0.0289. The lowest BCUT2D eigenvalue weighted by Gasteiger charge is -2.37. The molecule has 0 unspecified atom stereocenters. The van der Waals surface area contributed by atoms with E-state index in [1.165, 1.54) is 11.1 Å². The van der Waals surface area contributed by atoms with E-state index in [-0.39, 0.29) is 11.7 Å². The lowest BCUT2D eigenvalue weighted by atomic mass is 9.89. The summed E-state index contributed by atoms with van der Waals surface area (Å²) in [5.74, 6) is 2.49. The Kier molecular flexibility index (Phi) is 4.91. The van der Waals surface area contributed by atoms with Gasteiger partial charge in [-0.2, -0.15) is 0 Å². The summed E-state index contributed by atoms with van der Waals surface area (Å²) in [6.45, 7) is 7.67. The van der Waals surface area contributed by atoms with Gasteiger partial charge in [0.2, 0.25) is 0 Å². The van der Waals surface area contributed by atoms with Crippen LogP contribution >= 0.6 is 0 Å². The fourth-order valence-electron chi connectivity index (χ4n) is 3.97. The third-order valence-electron chi connectivity index (χ3n) is 5.71. The standard InChI is InChI=1S/C22H26N2O3S/c1-15-13-17(3)21(14-16(15)2)27-19-8-6-18(7-9-19)20-5-4-10-24-11-12-28(25,26)23-22(20)24/h6-9,13-14,20H,4-5,10-12H2,1-3H3/t20-/m0/s1. The van der Waals surface area contributed by atoms with Crippen LogP contribution in [0.1, 0.15) is 41.0 Å². The van der Waals surface area contributed by atoms with Crippen molar-refractivity contribution in [2.24, 2.45) is 4.40 Å². The second kappa shape index (κ2) is 7.24. The normalized spacial score (nSPS) is 21.0. The topological polar surface area (TPSA) is 59.0 Å². The van der Waals surface area contributed by atoms with Crippen molar-refractivity contribution >= 4 is 15.9 Å². The van der Waals surface area contributed by atoms with E-state index in [1.54, 1.807) is 0 Å². The summed E-state index contributed by atoms with van der Waals surface area (Å²) < 4.78 is 34.2. The van der Waals surface area contributed by atoms with E-state index < -0.39 is 10.0 Å². The molecule has 0 aliphatic carbocycles. The van der Waals surface area contributed by atoms with Gasteiger partial charge in [-0.25, -0.2) is 8.42 Å². The van der Waals surface area contributed by atoms with Gasteiger partial charge in [0.25, 0.3) is 10.0 Å². The van der Waals surface area contributed by atoms with Crippen LogP contribution in [0.3, 0.4) is 0 Å². The van der Waals surface area contributed by atoms with Crippen LogP contribution in [-0.4, -0.2) is 38.0 Å². The zero-order chi connectivity index (χ0) is 19.9. The fourth-order valence-corrected chi connectivity index (χ4v) is 5.04. The van der Waals surface area contributed by atoms with Crippen LogP contribution < -0.4 is 4.74 Å². The number of piperidine rings is 1. The van der Waals surface area contributed by atoms with E-state index in [9.17, 15) is 8.42 Å². The molecule has 0 bridgehead atoms. The molecule has 2 heterocycles. The van der Waals surface area contributed by atoms with Gasteiger partial charge in [-0.1, -0.05) is 18.2 Å². The molecule has 1 saturated heterocycles. The molecule has 1 atom stereocenters. The van der Waals surface area contributed by atoms with E-state index in [1.807, 2.05) is 24.3 Å². The smallest absolute Gasteiger partial charge is 0.256 e. The first-order valence-electron chi connectivity index (χ1n) is 9.75. The zero-order valence-electron chi connectivity index (χ0n) is 16.6. The molecular weight excluding hydrogens is 372 g/mol. The monoisotopic (exact) mass is 398 g/mol. The molecule has 0 amide bonds. The molecule has 0 N–H and O–H groups in total. The lowest BCUT2D eigenvalue weighted by molar-refractivity contribution is 0.366. The SMILES string of the molecule is Cc1cc(C)c(Oc2ccc([C@@H]3CCCN4CCS(=O)(=O)N=C34)cc2)cc1C. The number of ether oxygens (including phenoxy) is 1. The second-order valence-corrected chi connectivity index (χ2v) is 9.55. The Morgan fingerprint density at radius 2 is 1.71 bits per heavy atom. The summed E-state index contributed by atoms with van der Waals surface area (Å²) in [5, 5.41) is 0. The number of rotatable bonds is 3. The zero-order valence-corrected chi connectivity index (χ0v) is 17.4. The van der Waals surface area contributed by atoms with Crippen molar-refractivity contribution < 1.29 is 13.2 Å². The van der Waals surface area contributed by atoms with Crippen molar-refractivity contribution in [2.45, 2.75) is 39.5 Å². The molecule has 0 radical (unpaired) electrons. The van der Waals surface area contributed by atoms with Crippen molar-refractivity contribution in [3.63, 3.8) is 0 Å². The van der Waals surface area contributed by atoms with Gasteiger partial charge in [-0.3, -0.25) is 0 Å². The van der Waals surface area contributed by atoms with Crippen molar-refractivity contribution in [1.82, 2.24) is 4.90 Å². The average Bonchev–Trinajstić information content (AvgIpc) is 2.66. The van der Waals surface area contributed by atoms with E-state index in [4.69, 9.17) is 4.74 Å². The number of benzene rings is 2. The van der Waals surface area contributed by atoms with Crippen molar-refractivity contribution in [3.8, 4) is 11.5 Å². The number of hydrogen-bond acceptors (Lipinski definition) is 4. The number of sulfonamides is 1. The molecule has 5 nitrogen and oxygen atoms in total. The summed E-state index contributed by atoms with van der Waals surface area (Å²) in [4.78, 5) is 2.12. The van der Waals surface area contributed by atoms with Crippen LogP contribution in [0.15, 0.2) is 40.8 Å². The third kappa shape index (κ3) is 3.78. The van der Waals surface area contributed by atoms with Crippen LogP contribution in [0.5, 0.6) is 11.5 Å². The molecule has 4 rings (SSSR count). The van der Waals surface area contributed by atoms with Gasteiger partial charge in [0.15, 0.2) is 0 Å². The molecule has 6 heteroatoms. The highest BCUT2D eigenvalue weighted by Gasteiger charge is 2.33. The maximum absolute atomic E-state index is 12.0. The van der Waals surface area contributed by atoms with Gasteiger partial charge in [-0.15, -0.1) is 4.40 Å². The number of hydrogen-bond donors (Lipinski definition) is 0. The van der Waals surface area contributed by atoms with Crippen LogP contribution in [0.4, 0.5) is 0 Å². The molecule has 0 saturated carbocycles. The Morgan fingerprint density at radius 1 is 1.00 bits per heavy atom. The number of aryl methyl sites for hydroxylation is 3. The first-order chi connectivity index (χ1) is 13.3. The molecule has 0 aromatic heterocycles. The summed E-state index contributed by atoms with van der Waals surface area (Å²) in [6.07, 6.45) is 1.96. The largest absolute Gasteiger partial charge is 0.457 e. The number of fused-ring (bicyclic) bond motifs is 1. The van der Waals surface area contributed by atoms with Gasteiger partial charge in [0, 0.05) is 19.0 Å². The predicted molar refractivity (Wildman–Crippen MR) is 112 cm³/mol. The molecular formula is C22H26N2O3S. The first-order valence-corrected chi connectivity index (χ1v) is 11.4. The summed E-state index contributed by atoms with van der Waals surface area (Å²) in [7, 11) is -3.33. The number of nitrogens with zero attached hydrogens (tertiary/aromatic N) is 2. The minimum atomic E-state index is -3.33. The Hall–Kier alpha value is -2.34. The Bertz CT molecular complexity index is 1030. The Labute approximate surface area is 167 Å². The quantitative estimate of drug-likeness (QED) is 0.772. The summed E-state index contributed by atoms with van der Waals surface area (Å²) >= 11 is 0. The van der Waals surface area contributed by atoms with Crippen LogP contribution in [-0.2, 0) is 10.0 Å². The highest BCUT2D eigenvalue weighted by Crippen LogP contribution is 2.33. The van der Waals surface area contributed by atoms with Crippen LogP contribution in [0, 0.1) is 20.8 Å². The minimum Gasteiger partial charge on any atom is -0.457 e. The van der Waals surface area contributed by atoms with Crippen LogP contribution in [0.2, 0.25) is 0 Å². The highest BCUT2D eigenvalue weighted by atomic mass is 32.2. The van der Waals surface area contributed by atoms with E-state index in [0.29, 0.717) is 12.4 Å². The highest BCUT2D eigenvalue weighted by molar-refractivity contribution is 7.90. The maximum atomic E-state index is 12.0. The van der Waals surface area contributed by atoms with E-state index >= 15 is 0 Å². The van der Waals surface area contributed by atoms with Gasteiger partial charge in [0.1, 0.15) is 17.3 Å². The molecule has 2 aromatic rings. The molecule has 2 aliphatic rings. The Morgan fingerprint density at radius 3 is 2.46 bits per heavy atom. The fraction of sp³-hybridized carbons (Fsp3) is 0.409. The molecule has 28 heavy (non-hydrogen) atoms. The van der Waals surface area contributed by atoms with Gasteiger partial charge in [0.05, 0.1) is 5.75 Å². The lowest BCUT2D eigenvalue weighted by Crippen LogP contribution is -2.46. The molecule has 2 aromatic carbocycles. The second-order valence-electron chi connectivity index (χ2n) is 7.79. The molecule has 2 aliphatic heterocycles. The van der Waals surface area contributed by atoms with Gasteiger partial charge < -0.3 is 9.64 Å². The molecule has 148 valence electrons. The van der Waals surface area contributed by atoms with Gasteiger partial charge >= 0.3 is 0 Å². The average molecular weight is 399 g/mol. The summed E-state index contributed by atoms with van der Waals surface area (Å²) in [5.41, 5.74) is 4.66. The van der Waals surface area contributed by atoms with Crippen molar-refractivity contribution in [3.05, 3.63) is 58.7 Å². The molecule has 0 spiro atoms. The summed E-state index contributed by atoms with van der Waals surface area (Å²) in [6, 6.07) is 12.2. The number of amidine groups is 1. The van der Waals surface area contributed by atoms with Gasteiger partial charge in [-0.05, 0) is 74.1 Å². The Balaban J connectivity index is 1.58. The van der Waals surface area contributed by atoms with E-state index in [2.05, 4.69) is 42.2 Å². The predicted octanol–water partition coefficient (Wildman–Crippen LogP) is 4.33. The van der Waals surface area contributed by atoms with E-state index in [0.717, 1.165) is 42.0 Å².